The van der Waals surface area contributed by atoms with E-state index in [1.54, 1.807) is 4.90 Å². The molecule has 1 N–H and O–H groups in total. The van der Waals surface area contributed by atoms with Crippen molar-refractivity contribution >= 4 is 11.8 Å². The number of amides is 2. The Bertz CT molecular complexity index is 785. The molecule has 0 aliphatic carbocycles. The lowest BCUT2D eigenvalue weighted by Gasteiger charge is -2.36. The van der Waals surface area contributed by atoms with Gasteiger partial charge < -0.3 is 10.2 Å². The molecule has 1 atom stereocenters. The number of benzene rings is 2. The van der Waals surface area contributed by atoms with E-state index in [-0.39, 0.29) is 11.8 Å². The van der Waals surface area contributed by atoms with Crippen LogP contribution in [0.4, 0.5) is 0 Å². The quantitative estimate of drug-likeness (QED) is 0.912. The molecule has 1 aliphatic rings. The molecule has 0 saturated carbocycles. The lowest BCUT2D eigenvalue weighted by molar-refractivity contribution is -0.141. The van der Waals surface area contributed by atoms with Crippen molar-refractivity contribution in [1.29, 1.82) is 0 Å². The molecule has 0 fully saturated rings. The fourth-order valence-corrected chi connectivity index (χ4v) is 3.40. The second kappa shape index (κ2) is 7.51. The zero-order valence-electron chi connectivity index (χ0n) is 14.8. The maximum Gasteiger partial charge on any atom is 0.247 e. The van der Waals surface area contributed by atoms with Crippen LogP contribution < -0.4 is 5.32 Å². The summed E-state index contributed by atoms with van der Waals surface area (Å²) in [7, 11) is 0. The number of rotatable bonds is 5. The monoisotopic (exact) mass is 336 g/mol. The van der Waals surface area contributed by atoms with Crippen LogP contribution in [0.15, 0.2) is 48.5 Å². The molecule has 4 nitrogen and oxygen atoms in total. The van der Waals surface area contributed by atoms with E-state index in [4.69, 9.17) is 0 Å². The number of fused-ring (bicyclic) bond motifs is 1. The third-order valence-electron chi connectivity index (χ3n) is 4.75. The van der Waals surface area contributed by atoms with E-state index in [1.165, 1.54) is 0 Å². The minimum absolute atomic E-state index is 0.0246. The fourth-order valence-electron chi connectivity index (χ4n) is 3.40. The van der Waals surface area contributed by atoms with Crippen molar-refractivity contribution < 1.29 is 9.59 Å². The number of nitrogens with zero attached hydrogens (tertiary/aromatic N) is 1. The zero-order chi connectivity index (χ0) is 17.8. The van der Waals surface area contributed by atoms with Crippen LogP contribution in [0.3, 0.4) is 0 Å². The Balaban J connectivity index is 1.85. The van der Waals surface area contributed by atoms with Gasteiger partial charge in [-0.25, -0.2) is 0 Å². The van der Waals surface area contributed by atoms with Crippen LogP contribution in [-0.2, 0) is 22.6 Å². The van der Waals surface area contributed by atoms with Gasteiger partial charge in [0.05, 0.1) is 6.42 Å². The van der Waals surface area contributed by atoms with Gasteiger partial charge in [0, 0.05) is 13.1 Å². The van der Waals surface area contributed by atoms with Crippen molar-refractivity contribution in [3.63, 3.8) is 0 Å². The van der Waals surface area contributed by atoms with Crippen molar-refractivity contribution in [1.82, 2.24) is 10.2 Å². The summed E-state index contributed by atoms with van der Waals surface area (Å²) in [6.07, 6.45) is 1.20. The summed E-state index contributed by atoms with van der Waals surface area (Å²) < 4.78 is 0. The Morgan fingerprint density at radius 3 is 2.64 bits per heavy atom. The molecule has 2 amide bonds. The van der Waals surface area contributed by atoms with Crippen LogP contribution in [0, 0.1) is 6.92 Å². The van der Waals surface area contributed by atoms with Gasteiger partial charge in [-0.15, -0.1) is 0 Å². The highest BCUT2D eigenvalue weighted by Gasteiger charge is 2.36. The summed E-state index contributed by atoms with van der Waals surface area (Å²) in [6.45, 7) is 5.12. The lowest BCUT2D eigenvalue weighted by atomic mass is 9.91. The maximum atomic E-state index is 13.0. The second-order valence-electron chi connectivity index (χ2n) is 6.51. The van der Waals surface area contributed by atoms with Crippen LogP contribution in [0.25, 0.3) is 0 Å². The average Bonchev–Trinajstić information content (AvgIpc) is 2.61. The van der Waals surface area contributed by atoms with Gasteiger partial charge in [-0.1, -0.05) is 55.5 Å². The third kappa shape index (κ3) is 3.58. The normalized spacial score (nSPS) is 16.5. The van der Waals surface area contributed by atoms with E-state index in [1.807, 2.05) is 62.4 Å². The molecular formula is C21H24N2O2. The van der Waals surface area contributed by atoms with Crippen LogP contribution in [0.2, 0.25) is 0 Å². The van der Waals surface area contributed by atoms with E-state index in [9.17, 15) is 9.59 Å². The van der Waals surface area contributed by atoms with Crippen molar-refractivity contribution in [2.45, 2.75) is 39.3 Å². The number of nitrogens with one attached hydrogen (secondary N) is 1. The van der Waals surface area contributed by atoms with Gasteiger partial charge in [-0.05, 0) is 35.6 Å². The summed E-state index contributed by atoms with van der Waals surface area (Å²) in [4.78, 5) is 27.2. The molecule has 25 heavy (non-hydrogen) atoms. The number of carbonyl (C=O) groups is 2. The first-order valence-corrected chi connectivity index (χ1v) is 8.81. The molecule has 3 rings (SSSR count). The zero-order valence-corrected chi connectivity index (χ0v) is 14.8. The third-order valence-corrected chi connectivity index (χ3v) is 4.75. The van der Waals surface area contributed by atoms with Crippen molar-refractivity contribution in [3.8, 4) is 0 Å². The molecular weight excluding hydrogens is 312 g/mol. The van der Waals surface area contributed by atoms with Gasteiger partial charge in [-0.3, -0.25) is 9.59 Å². The van der Waals surface area contributed by atoms with E-state index >= 15 is 0 Å². The molecule has 0 bridgehead atoms. The van der Waals surface area contributed by atoms with Gasteiger partial charge in [0.1, 0.15) is 6.04 Å². The molecule has 1 aliphatic heterocycles. The number of hydrogen-bond donors (Lipinski definition) is 1. The van der Waals surface area contributed by atoms with Crippen LogP contribution >= 0.6 is 0 Å². The lowest BCUT2D eigenvalue weighted by Crippen LogP contribution is -2.47. The second-order valence-corrected chi connectivity index (χ2v) is 6.51. The summed E-state index contributed by atoms with van der Waals surface area (Å²) in [5, 5.41) is 3.03. The van der Waals surface area contributed by atoms with E-state index in [2.05, 4.69) is 5.32 Å². The fraction of sp³-hybridized carbons (Fsp3) is 0.333. The average molecular weight is 336 g/mol. The van der Waals surface area contributed by atoms with Crippen molar-refractivity contribution in [3.05, 3.63) is 70.8 Å². The smallest absolute Gasteiger partial charge is 0.247 e. The molecule has 130 valence electrons. The molecule has 2 aromatic rings. The molecule has 0 spiro atoms. The Labute approximate surface area is 148 Å². The molecule has 2 aromatic carbocycles. The topological polar surface area (TPSA) is 49.4 Å². The highest BCUT2D eigenvalue weighted by Crippen LogP contribution is 2.30. The number of aryl methyl sites for hydroxylation is 1. The summed E-state index contributed by atoms with van der Waals surface area (Å²) in [5.41, 5.74) is 4.13. The van der Waals surface area contributed by atoms with Gasteiger partial charge in [0.15, 0.2) is 0 Å². The molecule has 4 heteroatoms. The maximum absolute atomic E-state index is 13.0. The molecule has 1 heterocycles. The summed E-state index contributed by atoms with van der Waals surface area (Å²) in [5.74, 6) is -0.0891. The highest BCUT2D eigenvalue weighted by atomic mass is 16.2. The van der Waals surface area contributed by atoms with Crippen LogP contribution in [0.1, 0.15) is 41.6 Å². The number of carbonyl (C=O) groups excluding carboxylic acids is 2. The Hall–Kier alpha value is -2.62. The largest absolute Gasteiger partial charge is 0.350 e. The Kier molecular flexibility index (Phi) is 5.17. The predicted octanol–water partition coefficient (Wildman–Crippen LogP) is 3.15. The predicted molar refractivity (Wildman–Crippen MR) is 97.9 cm³/mol. The van der Waals surface area contributed by atoms with Gasteiger partial charge in [0.2, 0.25) is 11.8 Å². The van der Waals surface area contributed by atoms with E-state index < -0.39 is 6.04 Å². The van der Waals surface area contributed by atoms with Crippen molar-refractivity contribution in [2.24, 2.45) is 0 Å². The highest BCUT2D eigenvalue weighted by molar-refractivity contribution is 5.92. The van der Waals surface area contributed by atoms with E-state index in [0.29, 0.717) is 19.5 Å². The standard InChI is InChI=1S/C21H24N2O2/c1-3-12-23-19(24)13-16-9-6-7-11-18(16)20(23)21(25)22-14-17-10-5-4-8-15(17)2/h4-11,20H,3,12-14H2,1-2H3,(H,22,25)/t20-/m1/s1. The van der Waals surface area contributed by atoms with E-state index in [0.717, 1.165) is 28.7 Å². The molecule has 0 unspecified atom stereocenters. The Morgan fingerprint density at radius 2 is 1.88 bits per heavy atom. The minimum Gasteiger partial charge on any atom is -0.350 e. The first-order valence-electron chi connectivity index (χ1n) is 8.81. The van der Waals surface area contributed by atoms with Gasteiger partial charge in [0.25, 0.3) is 0 Å². The minimum atomic E-state index is -0.540. The van der Waals surface area contributed by atoms with Crippen LogP contribution in [-0.4, -0.2) is 23.3 Å². The first-order chi connectivity index (χ1) is 12.1. The summed E-state index contributed by atoms with van der Waals surface area (Å²) in [6, 6.07) is 15.2. The number of hydrogen-bond acceptors (Lipinski definition) is 2. The van der Waals surface area contributed by atoms with Gasteiger partial charge >= 0.3 is 0 Å². The molecule has 0 aromatic heterocycles. The SMILES string of the molecule is CCCN1C(=O)Cc2ccccc2[C@@H]1C(=O)NCc1ccccc1C. The van der Waals surface area contributed by atoms with Gasteiger partial charge in [-0.2, -0.15) is 0 Å². The van der Waals surface area contributed by atoms with Crippen LogP contribution in [0.5, 0.6) is 0 Å². The summed E-state index contributed by atoms with van der Waals surface area (Å²) >= 11 is 0. The van der Waals surface area contributed by atoms with Crippen molar-refractivity contribution in [2.75, 3.05) is 6.54 Å². The molecule has 0 radical (unpaired) electrons. The first kappa shape index (κ1) is 17.2. The Morgan fingerprint density at radius 1 is 1.16 bits per heavy atom. The molecule has 0 saturated heterocycles.